The van der Waals surface area contributed by atoms with Gasteiger partial charge in [0.15, 0.2) is 0 Å². The van der Waals surface area contributed by atoms with Gasteiger partial charge in [-0.05, 0) is 26.0 Å². The third kappa shape index (κ3) is 2.62. The molecule has 5 heteroatoms. The fourth-order valence-electron chi connectivity index (χ4n) is 1.84. The first-order valence-corrected chi connectivity index (χ1v) is 7.79. The molecule has 1 aromatic carbocycles. The number of thiazole rings is 1. The molecule has 1 atom stereocenters. The number of benzene rings is 1. The number of aromatic nitrogens is 3. The van der Waals surface area contributed by atoms with Crippen molar-refractivity contribution >= 4 is 34.1 Å². The van der Waals surface area contributed by atoms with E-state index in [0.717, 1.165) is 26.8 Å². The van der Waals surface area contributed by atoms with Gasteiger partial charge in [-0.3, -0.25) is 0 Å². The molecule has 0 fully saturated rings. The molecular weight excluding hydrogens is 274 g/mol. The second-order valence-corrected chi connectivity index (χ2v) is 6.49. The van der Waals surface area contributed by atoms with Crippen LogP contribution in [-0.2, 0) is 0 Å². The first-order chi connectivity index (χ1) is 9.24. The van der Waals surface area contributed by atoms with Crippen molar-refractivity contribution < 1.29 is 0 Å². The molecule has 0 spiro atoms. The maximum absolute atomic E-state index is 4.70. The highest BCUT2D eigenvalue weighted by Gasteiger charge is 2.13. The monoisotopic (exact) mass is 287 g/mol. The Kier molecular flexibility index (Phi) is 3.48. The van der Waals surface area contributed by atoms with Gasteiger partial charge in [-0.15, -0.1) is 11.3 Å². The first kappa shape index (κ1) is 12.6. The molecule has 0 saturated carbocycles. The van der Waals surface area contributed by atoms with Crippen LogP contribution < -0.4 is 0 Å². The van der Waals surface area contributed by atoms with E-state index in [-0.39, 0.29) is 0 Å². The van der Waals surface area contributed by atoms with E-state index in [2.05, 4.69) is 16.9 Å². The van der Waals surface area contributed by atoms with E-state index in [1.54, 1.807) is 23.1 Å². The van der Waals surface area contributed by atoms with E-state index in [4.69, 9.17) is 4.98 Å². The second-order valence-electron chi connectivity index (χ2n) is 4.23. The number of para-hydroxylation sites is 2. The number of hydrogen-bond acceptors (Lipinski definition) is 5. The molecule has 0 saturated heterocycles. The molecule has 0 bridgehead atoms. The van der Waals surface area contributed by atoms with Crippen LogP contribution in [0.5, 0.6) is 0 Å². The Bertz CT molecular complexity index is 695. The fourth-order valence-corrected chi connectivity index (χ4v) is 3.59. The molecule has 3 nitrogen and oxygen atoms in total. The van der Waals surface area contributed by atoms with Gasteiger partial charge in [-0.25, -0.2) is 15.0 Å². The van der Waals surface area contributed by atoms with Crippen LogP contribution in [0.2, 0.25) is 0 Å². The van der Waals surface area contributed by atoms with Crippen LogP contribution >= 0.6 is 23.1 Å². The Hall–Kier alpha value is -1.46. The number of aryl methyl sites for hydroxylation is 1. The summed E-state index contributed by atoms with van der Waals surface area (Å²) in [5, 5.41) is 4.42. The van der Waals surface area contributed by atoms with Gasteiger partial charge in [0.05, 0.1) is 22.0 Å². The Labute approximate surface area is 120 Å². The third-order valence-corrected chi connectivity index (χ3v) is 5.08. The molecule has 0 aliphatic heterocycles. The lowest BCUT2D eigenvalue weighted by Crippen LogP contribution is -1.95. The van der Waals surface area contributed by atoms with Crippen molar-refractivity contribution in [2.24, 2.45) is 0 Å². The Morgan fingerprint density at radius 2 is 1.89 bits per heavy atom. The van der Waals surface area contributed by atoms with Gasteiger partial charge in [0.2, 0.25) is 0 Å². The molecule has 0 N–H and O–H groups in total. The fraction of sp³-hybridized carbons (Fsp3) is 0.214. The summed E-state index contributed by atoms with van der Waals surface area (Å²) in [6, 6.07) is 7.97. The van der Waals surface area contributed by atoms with Gasteiger partial charge < -0.3 is 0 Å². The van der Waals surface area contributed by atoms with Crippen molar-refractivity contribution in [2.75, 3.05) is 0 Å². The lowest BCUT2D eigenvalue weighted by molar-refractivity contribution is 1.00. The van der Waals surface area contributed by atoms with Crippen LogP contribution in [0.4, 0.5) is 0 Å². The molecule has 0 aliphatic carbocycles. The maximum Gasteiger partial charge on any atom is 0.119 e. The quantitative estimate of drug-likeness (QED) is 0.675. The normalized spacial score (nSPS) is 12.7. The smallest absolute Gasteiger partial charge is 0.119 e. The van der Waals surface area contributed by atoms with Crippen LogP contribution in [0, 0.1) is 6.92 Å². The molecule has 0 amide bonds. The molecular formula is C14H13N3S2. The van der Waals surface area contributed by atoms with Crippen LogP contribution in [-0.4, -0.2) is 15.0 Å². The highest BCUT2D eigenvalue weighted by Crippen LogP contribution is 2.36. The summed E-state index contributed by atoms with van der Waals surface area (Å²) >= 11 is 3.40. The predicted octanol–water partition coefficient (Wildman–Crippen LogP) is 4.25. The lowest BCUT2D eigenvalue weighted by atomic mass is 10.3. The number of thioether (sulfide) groups is 1. The first-order valence-electron chi connectivity index (χ1n) is 6.03. The average Bonchev–Trinajstić information content (AvgIpc) is 2.93. The largest absolute Gasteiger partial charge is 0.249 e. The van der Waals surface area contributed by atoms with Crippen LogP contribution in [0.3, 0.4) is 0 Å². The second kappa shape index (κ2) is 5.27. The number of nitrogens with zero attached hydrogens (tertiary/aromatic N) is 3. The SMILES string of the molecule is Cc1nc2ccccc2nc1SC(C)c1nccs1. The van der Waals surface area contributed by atoms with Crippen LogP contribution in [0.15, 0.2) is 40.9 Å². The van der Waals surface area contributed by atoms with Gasteiger partial charge in [-0.2, -0.15) is 0 Å². The standard InChI is InChI=1S/C14H13N3S2/c1-9-13(19-10(2)14-15-7-8-18-14)17-12-6-4-3-5-11(12)16-9/h3-8,10H,1-2H3. The van der Waals surface area contributed by atoms with E-state index >= 15 is 0 Å². The maximum atomic E-state index is 4.70. The minimum absolute atomic E-state index is 0.300. The number of fused-ring (bicyclic) bond motifs is 1. The topological polar surface area (TPSA) is 38.7 Å². The van der Waals surface area contributed by atoms with Crippen molar-refractivity contribution in [1.82, 2.24) is 15.0 Å². The van der Waals surface area contributed by atoms with Crippen molar-refractivity contribution in [2.45, 2.75) is 24.1 Å². The van der Waals surface area contributed by atoms with Crippen molar-refractivity contribution in [3.63, 3.8) is 0 Å². The molecule has 2 heterocycles. The predicted molar refractivity (Wildman–Crippen MR) is 80.7 cm³/mol. The van der Waals surface area contributed by atoms with Crippen LogP contribution in [0.1, 0.15) is 22.9 Å². The lowest BCUT2D eigenvalue weighted by Gasteiger charge is -2.10. The summed E-state index contributed by atoms with van der Waals surface area (Å²) in [7, 11) is 0. The number of rotatable bonds is 3. The summed E-state index contributed by atoms with van der Waals surface area (Å²) in [4.78, 5) is 13.7. The Balaban J connectivity index is 1.94. The molecule has 96 valence electrons. The van der Waals surface area contributed by atoms with Gasteiger partial charge in [0.1, 0.15) is 10.0 Å². The average molecular weight is 287 g/mol. The number of hydrogen-bond donors (Lipinski definition) is 0. The molecule has 2 aromatic heterocycles. The minimum Gasteiger partial charge on any atom is -0.249 e. The summed E-state index contributed by atoms with van der Waals surface area (Å²) in [5.41, 5.74) is 2.88. The minimum atomic E-state index is 0.300. The molecule has 0 radical (unpaired) electrons. The van der Waals surface area contributed by atoms with Gasteiger partial charge in [0.25, 0.3) is 0 Å². The van der Waals surface area contributed by atoms with Crippen molar-refractivity contribution in [1.29, 1.82) is 0 Å². The van der Waals surface area contributed by atoms with Crippen LogP contribution in [0.25, 0.3) is 11.0 Å². The molecule has 3 aromatic rings. The molecule has 3 rings (SSSR count). The van der Waals surface area contributed by atoms with E-state index < -0.39 is 0 Å². The summed E-state index contributed by atoms with van der Waals surface area (Å²) in [5.74, 6) is 0. The van der Waals surface area contributed by atoms with E-state index in [0.29, 0.717) is 5.25 Å². The zero-order valence-electron chi connectivity index (χ0n) is 10.7. The van der Waals surface area contributed by atoms with Gasteiger partial charge in [0, 0.05) is 11.6 Å². The Morgan fingerprint density at radius 1 is 1.16 bits per heavy atom. The third-order valence-electron chi connectivity index (χ3n) is 2.79. The molecule has 19 heavy (non-hydrogen) atoms. The Morgan fingerprint density at radius 3 is 2.58 bits per heavy atom. The van der Waals surface area contributed by atoms with Gasteiger partial charge in [-0.1, -0.05) is 23.9 Å². The highest BCUT2D eigenvalue weighted by atomic mass is 32.2. The van der Waals surface area contributed by atoms with E-state index in [9.17, 15) is 0 Å². The summed E-state index contributed by atoms with van der Waals surface area (Å²) in [6.07, 6.45) is 1.84. The van der Waals surface area contributed by atoms with E-state index in [1.807, 2.05) is 42.8 Å². The molecule has 1 unspecified atom stereocenters. The summed E-state index contributed by atoms with van der Waals surface area (Å²) in [6.45, 7) is 4.16. The van der Waals surface area contributed by atoms with Crippen molar-refractivity contribution in [3.05, 3.63) is 46.5 Å². The molecule has 0 aliphatic rings. The van der Waals surface area contributed by atoms with E-state index in [1.165, 1.54) is 0 Å². The van der Waals surface area contributed by atoms with Crippen molar-refractivity contribution in [3.8, 4) is 0 Å². The van der Waals surface area contributed by atoms with Gasteiger partial charge >= 0.3 is 0 Å². The summed E-state index contributed by atoms with van der Waals surface area (Å²) < 4.78 is 0. The highest BCUT2D eigenvalue weighted by molar-refractivity contribution is 7.99. The zero-order chi connectivity index (χ0) is 13.2. The zero-order valence-corrected chi connectivity index (χ0v) is 12.3.